The molecule has 0 bridgehead atoms. The van der Waals surface area contributed by atoms with Crippen molar-refractivity contribution in [3.63, 3.8) is 0 Å². The van der Waals surface area contributed by atoms with E-state index in [9.17, 15) is 37.1 Å². The number of hydrogen-bond donors (Lipinski definition) is 1. The van der Waals surface area contributed by atoms with E-state index in [0.717, 1.165) is 29.2 Å². The lowest BCUT2D eigenvalue weighted by Gasteiger charge is -2.37. The van der Waals surface area contributed by atoms with E-state index in [-0.39, 0.29) is 37.9 Å². The molecule has 0 saturated carbocycles. The maximum Gasteiger partial charge on any atom is 0.416 e. The molecule has 0 aliphatic heterocycles. The number of rotatable bonds is 14. The van der Waals surface area contributed by atoms with Crippen LogP contribution in [0.25, 0.3) is 0 Å². The van der Waals surface area contributed by atoms with E-state index < -0.39 is 87.2 Å². The van der Waals surface area contributed by atoms with Gasteiger partial charge in [0.05, 0.1) is 16.7 Å². The fraction of sp³-hybridized carbons (Fsp3) is 0.357. The average Bonchev–Trinajstić information content (AvgIpc) is 3.20. The highest BCUT2D eigenvalue weighted by molar-refractivity contribution is 6.11. The summed E-state index contributed by atoms with van der Waals surface area (Å²) in [4.78, 5) is 72.3. The number of carbonyl (C=O) groups is 5. The van der Waals surface area contributed by atoms with Gasteiger partial charge >= 0.3 is 12.1 Å². The number of nitrogens with zero attached hydrogens (tertiary/aromatic N) is 3. The number of esters is 1. The SMILES string of the molecule is CCN(C)C(=O)C(CCCC(=O)Oc1c(F)cc(NC(=O)C2(c3ccc(C(F)(F)F)cc3)C=CC=CC2)c(C(=O)N(C)C)c1F)(C(=O)N(C)CC)c1ccccc1. The zero-order valence-electron chi connectivity index (χ0n) is 32.5. The molecule has 57 heavy (non-hydrogen) atoms. The van der Waals surface area contributed by atoms with Gasteiger partial charge in [-0.3, -0.25) is 24.0 Å². The minimum absolute atomic E-state index is 0.0372. The van der Waals surface area contributed by atoms with Crippen molar-refractivity contribution in [3.05, 3.63) is 119 Å². The zero-order valence-corrected chi connectivity index (χ0v) is 32.5. The van der Waals surface area contributed by atoms with Crippen LogP contribution >= 0.6 is 0 Å². The molecule has 15 heteroatoms. The lowest BCUT2D eigenvalue weighted by atomic mass is 9.73. The molecule has 304 valence electrons. The Morgan fingerprint density at radius 1 is 0.825 bits per heavy atom. The van der Waals surface area contributed by atoms with Crippen molar-refractivity contribution in [2.75, 3.05) is 46.6 Å². The number of hydrogen-bond acceptors (Lipinski definition) is 6. The van der Waals surface area contributed by atoms with Gasteiger partial charge in [-0.15, -0.1) is 0 Å². The second-order valence-electron chi connectivity index (χ2n) is 13.9. The van der Waals surface area contributed by atoms with Gasteiger partial charge in [0.15, 0.2) is 17.0 Å². The van der Waals surface area contributed by atoms with E-state index in [1.807, 2.05) is 0 Å². The number of halogens is 5. The second kappa shape index (κ2) is 17.9. The quantitative estimate of drug-likeness (QED) is 0.0810. The van der Waals surface area contributed by atoms with Crippen LogP contribution in [-0.2, 0) is 36.2 Å². The van der Waals surface area contributed by atoms with E-state index in [4.69, 9.17) is 4.74 Å². The van der Waals surface area contributed by atoms with Gasteiger partial charge in [-0.25, -0.2) is 8.78 Å². The highest BCUT2D eigenvalue weighted by Gasteiger charge is 2.49. The van der Waals surface area contributed by atoms with Crippen LogP contribution in [0.2, 0.25) is 0 Å². The monoisotopic (exact) mass is 796 g/mol. The molecule has 1 N–H and O–H groups in total. The Bertz CT molecular complexity index is 2030. The third-order valence-electron chi connectivity index (χ3n) is 10.0. The normalized spacial score (nSPS) is 15.1. The predicted molar refractivity (Wildman–Crippen MR) is 203 cm³/mol. The molecule has 3 aromatic rings. The maximum absolute atomic E-state index is 16.3. The van der Waals surface area contributed by atoms with Crippen LogP contribution in [0.15, 0.2) is 85.0 Å². The van der Waals surface area contributed by atoms with Crippen molar-refractivity contribution in [1.29, 1.82) is 0 Å². The third-order valence-corrected chi connectivity index (χ3v) is 10.0. The Morgan fingerprint density at radius 2 is 1.42 bits per heavy atom. The molecule has 0 heterocycles. The number of amides is 4. The van der Waals surface area contributed by atoms with E-state index >= 15 is 8.78 Å². The van der Waals surface area contributed by atoms with Crippen LogP contribution in [0.3, 0.4) is 0 Å². The van der Waals surface area contributed by atoms with Crippen LogP contribution in [0.5, 0.6) is 5.75 Å². The number of nitrogens with one attached hydrogen (secondary N) is 1. The highest BCUT2D eigenvalue weighted by atomic mass is 19.4. The molecular formula is C42H45F5N4O6. The van der Waals surface area contributed by atoms with Crippen LogP contribution in [-0.4, -0.2) is 85.6 Å². The summed E-state index contributed by atoms with van der Waals surface area (Å²) in [5.41, 5.74) is -5.24. The van der Waals surface area contributed by atoms with E-state index in [2.05, 4.69) is 5.32 Å². The van der Waals surface area contributed by atoms with Gasteiger partial charge in [0.25, 0.3) is 5.91 Å². The van der Waals surface area contributed by atoms with Gasteiger partial charge in [-0.2, -0.15) is 13.2 Å². The number of anilines is 1. The summed E-state index contributed by atoms with van der Waals surface area (Å²) in [6.45, 7) is 4.06. The molecule has 1 aliphatic carbocycles. The van der Waals surface area contributed by atoms with Gasteiger partial charge in [0, 0.05) is 53.8 Å². The van der Waals surface area contributed by atoms with Gasteiger partial charge in [0.1, 0.15) is 5.56 Å². The number of allylic oxidation sites excluding steroid dienone is 3. The van der Waals surface area contributed by atoms with Crippen LogP contribution < -0.4 is 10.1 Å². The molecule has 10 nitrogen and oxygen atoms in total. The number of ether oxygens (including phenoxy) is 1. The molecule has 0 aromatic heterocycles. The highest BCUT2D eigenvalue weighted by Crippen LogP contribution is 2.39. The molecule has 4 amide bonds. The summed E-state index contributed by atoms with van der Waals surface area (Å²) in [7, 11) is 5.65. The molecule has 0 spiro atoms. The third kappa shape index (κ3) is 9.08. The van der Waals surface area contributed by atoms with Crippen molar-refractivity contribution in [2.24, 2.45) is 0 Å². The summed E-state index contributed by atoms with van der Waals surface area (Å²) in [6.07, 6.45) is 0.662. The van der Waals surface area contributed by atoms with Crippen molar-refractivity contribution >= 4 is 35.3 Å². The summed E-state index contributed by atoms with van der Waals surface area (Å²) >= 11 is 0. The molecule has 1 atom stereocenters. The summed E-state index contributed by atoms with van der Waals surface area (Å²) in [5, 5.41) is 2.39. The van der Waals surface area contributed by atoms with E-state index in [1.165, 1.54) is 36.0 Å². The Balaban J connectivity index is 1.66. The molecule has 0 saturated heterocycles. The predicted octanol–water partition coefficient (Wildman–Crippen LogP) is 7.05. The lowest BCUT2D eigenvalue weighted by Crippen LogP contribution is -2.55. The first kappa shape index (κ1) is 43.9. The first-order valence-corrected chi connectivity index (χ1v) is 18.2. The topological polar surface area (TPSA) is 116 Å². The lowest BCUT2D eigenvalue weighted by molar-refractivity contribution is -0.149. The first-order chi connectivity index (χ1) is 26.8. The molecule has 3 aromatic carbocycles. The van der Waals surface area contributed by atoms with Crippen LogP contribution in [0.4, 0.5) is 27.6 Å². The van der Waals surface area contributed by atoms with Crippen LogP contribution in [0, 0.1) is 11.6 Å². The number of alkyl halides is 3. The zero-order chi connectivity index (χ0) is 42.3. The van der Waals surface area contributed by atoms with Crippen molar-refractivity contribution in [1.82, 2.24) is 14.7 Å². The van der Waals surface area contributed by atoms with E-state index in [1.54, 1.807) is 70.4 Å². The van der Waals surface area contributed by atoms with Gasteiger partial charge in [0.2, 0.25) is 23.5 Å². The molecule has 1 aliphatic rings. The fourth-order valence-corrected chi connectivity index (χ4v) is 6.57. The van der Waals surface area contributed by atoms with Crippen molar-refractivity contribution in [3.8, 4) is 5.75 Å². The van der Waals surface area contributed by atoms with Gasteiger partial charge < -0.3 is 24.8 Å². The smallest absolute Gasteiger partial charge is 0.416 e. The molecule has 0 radical (unpaired) electrons. The second-order valence-corrected chi connectivity index (χ2v) is 13.9. The minimum atomic E-state index is -4.64. The minimum Gasteiger partial charge on any atom is -0.420 e. The number of carbonyl (C=O) groups excluding carboxylic acids is 5. The largest absolute Gasteiger partial charge is 0.420 e. The van der Waals surface area contributed by atoms with Crippen molar-refractivity contribution in [2.45, 2.75) is 56.5 Å². The maximum atomic E-state index is 16.3. The molecular weight excluding hydrogens is 751 g/mol. The Labute approximate surface area is 327 Å². The summed E-state index contributed by atoms with van der Waals surface area (Å²) in [6, 6.07) is 12.9. The standard InChI is InChI=1S/C42H45F5N4O6/c1-7-50(5)38(55)41(39(56)51(6)8-2,28-16-11-9-12-17-28)25-15-18-32(52)57-35-30(43)26-31(33(34(35)44)36(53)49(3)4)48-37(54)40(23-13-10-14-24-40)27-19-21-29(22-20-27)42(45,46)47/h9-14,16-17,19-23,26H,7-8,15,18,24-25H2,1-6H3,(H,48,54). The fourth-order valence-electron chi connectivity index (χ4n) is 6.57. The first-order valence-electron chi connectivity index (χ1n) is 18.2. The number of likely N-dealkylation sites (N-methyl/N-ethyl adjacent to an activating group) is 2. The van der Waals surface area contributed by atoms with Crippen molar-refractivity contribution < 1.29 is 50.7 Å². The van der Waals surface area contributed by atoms with E-state index in [0.29, 0.717) is 11.6 Å². The average molecular weight is 797 g/mol. The Kier molecular flexibility index (Phi) is 13.8. The summed E-state index contributed by atoms with van der Waals surface area (Å²) in [5.74, 6) is -8.36. The Hall–Kier alpha value is -5.86. The van der Waals surface area contributed by atoms with Crippen LogP contribution in [0.1, 0.15) is 66.6 Å². The molecule has 1 unspecified atom stereocenters. The molecule has 0 fully saturated rings. The van der Waals surface area contributed by atoms with Gasteiger partial charge in [-0.05, 0) is 56.4 Å². The van der Waals surface area contributed by atoms with Gasteiger partial charge in [-0.1, -0.05) is 66.8 Å². The summed E-state index contributed by atoms with van der Waals surface area (Å²) < 4.78 is 77.1. The molecule has 4 rings (SSSR count). The number of benzene rings is 3. The Morgan fingerprint density at radius 3 is 1.93 bits per heavy atom.